The van der Waals surface area contributed by atoms with Crippen LogP contribution in [0.3, 0.4) is 0 Å². The lowest BCUT2D eigenvalue weighted by atomic mass is 9.90. The molecule has 4 nitrogen and oxygen atoms in total. The molecule has 1 aromatic rings. The number of likely N-dealkylation sites (tertiary alicyclic amines) is 1. The van der Waals surface area contributed by atoms with Crippen LogP contribution in [-0.2, 0) is 6.42 Å². The van der Waals surface area contributed by atoms with Crippen molar-refractivity contribution in [2.75, 3.05) is 31.5 Å². The summed E-state index contributed by atoms with van der Waals surface area (Å²) in [6, 6.07) is 0. The van der Waals surface area contributed by atoms with Crippen molar-refractivity contribution in [2.45, 2.75) is 44.9 Å². The minimum atomic E-state index is 0.698. The summed E-state index contributed by atoms with van der Waals surface area (Å²) in [5, 5.41) is 11.2. The van der Waals surface area contributed by atoms with Gasteiger partial charge >= 0.3 is 0 Å². The van der Waals surface area contributed by atoms with Crippen LogP contribution < -0.4 is 5.32 Å². The Morgan fingerprint density at radius 3 is 2.89 bits per heavy atom. The summed E-state index contributed by atoms with van der Waals surface area (Å²) in [6.07, 6.45) is 6.32. The topological polar surface area (TPSA) is 44.0 Å². The Morgan fingerprint density at radius 2 is 2.11 bits per heavy atom. The van der Waals surface area contributed by atoms with Gasteiger partial charge in [-0.2, -0.15) is 5.10 Å². The van der Waals surface area contributed by atoms with Gasteiger partial charge in [0.25, 0.3) is 0 Å². The predicted molar refractivity (Wildman–Crippen MR) is 74.1 cm³/mol. The number of piperidine rings is 1. The van der Waals surface area contributed by atoms with E-state index >= 15 is 0 Å². The lowest BCUT2D eigenvalue weighted by molar-refractivity contribution is 0.220. The van der Waals surface area contributed by atoms with Gasteiger partial charge in [0.2, 0.25) is 0 Å². The van der Waals surface area contributed by atoms with E-state index in [1.54, 1.807) is 0 Å². The number of aromatic nitrogens is 2. The van der Waals surface area contributed by atoms with Crippen LogP contribution in [0.15, 0.2) is 0 Å². The van der Waals surface area contributed by atoms with Crippen molar-refractivity contribution in [2.24, 2.45) is 0 Å². The van der Waals surface area contributed by atoms with E-state index in [-0.39, 0.29) is 0 Å². The van der Waals surface area contributed by atoms with Gasteiger partial charge in [-0.3, -0.25) is 5.10 Å². The summed E-state index contributed by atoms with van der Waals surface area (Å²) in [4.78, 5) is 2.55. The zero-order chi connectivity index (χ0) is 12.4. The van der Waals surface area contributed by atoms with Crippen LogP contribution in [0.25, 0.3) is 0 Å². The molecule has 1 saturated heterocycles. The third-order valence-corrected chi connectivity index (χ3v) is 4.49. The van der Waals surface area contributed by atoms with Crippen LogP contribution in [0.5, 0.6) is 0 Å². The average Bonchev–Trinajstić information content (AvgIpc) is 2.68. The largest absolute Gasteiger partial charge is 0.368 e. The van der Waals surface area contributed by atoms with E-state index in [2.05, 4.69) is 27.3 Å². The molecule has 0 unspecified atom stereocenters. The van der Waals surface area contributed by atoms with Crippen molar-refractivity contribution < 1.29 is 0 Å². The summed E-state index contributed by atoms with van der Waals surface area (Å²) in [5.41, 5.74) is 2.90. The molecule has 2 aliphatic rings. The molecule has 18 heavy (non-hydrogen) atoms. The highest BCUT2D eigenvalue weighted by molar-refractivity contribution is 5.48. The number of hydrogen-bond acceptors (Lipinski definition) is 3. The zero-order valence-electron chi connectivity index (χ0n) is 11.3. The highest BCUT2D eigenvalue weighted by atomic mass is 15.2. The van der Waals surface area contributed by atoms with Crippen LogP contribution in [0.4, 0.5) is 5.82 Å². The Bertz CT molecular complexity index is 390. The number of hydrogen-bond donors (Lipinski definition) is 2. The monoisotopic (exact) mass is 248 g/mol. The SMILES string of the molecule is CCN1CCC(c2[nH]nc3c2CCCCN3)CC1. The van der Waals surface area contributed by atoms with Gasteiger partial charge in [0.05, 0.1) is 0 Å². The van der Waals surface area contributed by atoms with E-state index < -0.39 is 0 Å². The van der Waals surface area contributed by atoms with Crippen molar-refractivity contribution in [1.82, 2.24) is 15.1 Å². The van der Waals surface area contributed by atoms with Gasteiger partial charge in [-0.1, -0.05) is 6.92 Å². The van der Waals surface area contributed by atoms with E-state index in [0.717, 1.165) is 12.4 Å². The number of fused-ring (bicyclic) bond motifs is 1. The van der Waals surface area contributed by atoms with Crippen LogP contribution in [0.1, 0.15) is 49.8 Å². The van der Waals surface area contributed by atoms with Crippen LogP contribution in [-0.4, -0.2) is 41.3 Å². The maximum absolute atomic E-state index is 4.48. The molecule has 0 bridgehead atoms. The quantitative estimate of drug-likeness (QED) is 0.844. The molecule has 0 aromatic carbocycles. The van der Waals surface area contributed by atoms with Crippen LogP contribution >= 0.6 is 0 Å². The number of rotatable bonds is 2. The van der Waals surface area contributed by atoms with Crippen LogP contribution in [0.2, 0.25) is 0 Å². The molecule has 2 aliphatic heterocycles. The Labute approximate surface area is 109 Å². The molecule has 0 amide bonds. The van der Waals surface area contributed by atoms with E-state index in [1.807, 2.05) is 0 Å². The van der Waals surface area contributed by atoms with Gasteiger partial charge in [0, 0.05) is 23.7 Å². The molecule has 3 heterocycles. The first-order valence-electron chi connectivity index (χ1n) is 7.42. The van der Waals surface area contributed by atoms with Gasteiger partial charge in [-0.25, -0.2) is 0 Å². The van der Waals surface area contributed by atoms with E-state index in [4.69, 9.17) is 0 Å². The summed E-state index contributed by atoms with van der Waals surface area (Å²) in [5.74, 6) is 1.82. The summed E-state index contributed by atoms with van der Waals surface area (Å²) in [7, 11) is 0. The van der Waals surface area contributed by atoms with E-state index in [1.165, 1.54) is 63.0 Å². The minimum absolute atomic E-state index is 0.698. The Kier molecular flexibility index (Phi) is 3.55. The van der Waals surface area contributed by atoms with Gasteiger partial charge in [-0.05, 0) is 51.7 Å². The number of nitrogens with one attached hydrogen (secondary N) is 2. The minimum Gasteiger partial charge on any atom is -0.368 e. The summed E-state index contributed by atoms with van der Waals surface area (Å²) in [6.45, 7) is 7.00. The lowest BCUT2D eigenvalue weighted by Crippen LogP contribution is -2.32. The van der Waals surface area contributed by atoms with Crippen molar-refractivity contribution in [3.8, 4) is 0 Å². The molecule has 100 valence electrons. The fourth-order valence-corrected chi connectivity index (χ4v) is 3.29. The molecular weight excluding hydrogens is 224 g/mol. The maximum Gasteiger partial charge on any atom is 0.151 e. The molecule has 2 N–H and O–H groups in total. The predicted octanol–water partition coefficient (Wildman–Crippen LogP) is 2.36. The van der Waals surface area contributed by atoms with Crippen molar-refractivity contribution >= 4 is 5.82 Å². The fourth-order valence-electron chi connectivity index (χ4n) is 3.29. The van der Waals surface area contributed by atoms with E-state index in [0.29, 0.717) is 5.92 Å². The lowest BCUT2D eigenvalue weighted by Gasteiger charge is -2.30. The average molecular weight is 248 g/mol. The number of aromatic amines is 1. The molecule has 1 aromatic heterocycles. The molecule has 0 radical (unpaired) electrons. The second kappa shape index (κ2) is 5.31. The van der Waals surface area contributed by atoms with E-state index in [9.17, 15) is 0 Å². The Balaban J connectivity index is 1.75. The highest BCUT2D eigenvalue weighted by Gasteiger charge is 2.25. The molecular formula is C14H24N4. The standard InChI is InChI=1S/C14H24N4/c1-2-18-9-6-11(7-10-18)13-12-5-3-4-8-15-14(12)17-16-13/h11H,2-10H2,1H3,(H2,15,16,17). The summed E-state index contributed by atoms with van der Waals surface area (Å²) >= 11 is 0. The molecule has 3 rings (SSSR count). The first-order chi connectivity index (χ1) is 8.88. The number of H-pyrrole nitrogens is 1. The fraction of sp³-hybridized carbons (Fsp3) is 0.786. The highest BCUT2D eigenvalue weighted by Crippen LogP contribution is 2.33. The third kappa shape index (κ3) is 2.26. The Morgan fingerprint density at radius 1 is 1.28 bits per heavy atom. The number of nitrogens with zero attached hydrogens (tertiary/aromatic N) is 2. The maximum atomic E-state index is 4.48. The van der Waals surface area contributed by atoms with Gasteiger partial charge in [0.15, 0.2) is 5.82 Å². The number of anilines is 1. The van der Waals surface area contributed by atoms with Gasteiger partial charge in [-0.15, -0.1) is 0 Å². The molecule has 1 fully saturated rings. The van der Waals surface area contributed by atoms with Crippen molar-refractivity contribution in [1.29, 1.82) is 0 Å². The van der Waals surface area contributed by atoms with Crippen LogP contribution in [0, 0.1) is 0 Å². The van der Waals surface area contributed by atoms with Crippen molar-refractivity contribution in [3.63, 3.8) is 0 Å². The molecule has 0 atom stereocenters. The van der Waals surface area contributed by atoms with Gasteiger partial charge < -0.3 is 10.2 Å². The zero-order valence-corrected chi connectivity index (χ0v) is 11.3. The summed E-state index contributed by atoms with van der Waals surface area (Å²) < 4.78 is 0. The molecule has 4 heteroatoms. The molecule has 0 aliphatic carbocycles. The van der Waals surface area contributed by atoms with Gasteiger partial charge in [0.1, 0.15) is 0 Å². The second-order valence-electron chi connectivity index (χ2n) is 5.56. The second-order valence-corrected chi connectivity index (χ2v) is 5.56. The Hall–Kier alpha value is -1.03. The third-order valence-electron chi connectivity index (χ3n) is 4.49. The molecule has 0 spiro atoms. The molecule has 0 saturated carbocycles. The first-order valence-corrected chi connectivity index (χ1v) is 7.42. The normalized spacial score (nSPS) is 22.3. The smallest absolute Gasteiger partial charge is 0.151 e. The first kappa shape index (κ1) is 12.0. The van der Waals surface area contributed by atoms with Crippen molar-refractivity contribution in [3.05, 3.63) is 11.3 Å².